The molecule has 0 aliphatic rings. The molecule has 0 bridgehead atoms. The smallest absolute Gasteiger partial charge is 0.0518 e. The van der Waals surface area contributed by atoms with Crippen molar-refractivity contribution in [2.75, 3.05) is 26.3 Å². The normalized spacial score (nSPS) is 12.4. The lowest BCUT2D eigenvalue weighted by atomic mass is 9.93. The summed E-state index contributed by atoms with van der Waals surface area (Å²) < 4.78 is 0. The van der Waals surface area contributed by atoms with Crippen LogP contribution in [0.3, 0.4) is 0 Å². The van der Waals surface area contributed by atoms with Gasteiger partial charge in [0.05, 0.1) is 13.2 Å². The van der Waals surface area contributed by atoms with Crippen LogP contribution in [0, 0.1) is 11.3 Å². The molecule has 0 aromatic heterocycles. The van der Waals surface area contributed by atoms with Gasteiger partial charge in [-0.2, -0.15) is 0 Å². The van der Waals surface area contributed by atoms with Crippen molar-refractivity contribution in [3.8, 4) is 0 Å². The molecule has 0 aliphatic carbocycles. The molecule has 3 heteroatoms. The van der Waals surface area contributed by atoms with Crippen molar-refractivity contribution in [1.29, 1.82) is 0 Å². The van der Waals surface area contributed by atoms with Crippen LogP contribution in [-0.2, 0) is 0 Å². The third-order valence-corrected chi connectivity index (χ3v) is 2.45. The van der Waals surface area contributed by atoms with E-state index in [1.165, 1.54) is 6.42 Å². The van der Waals surface area contributed by atoms with Crippen LogP contribution in [0.5, 0.6) is 0 Å². The van der Waals surface area contributed by atoms with Crippen LogP contribution in [0.2, 0.25) is 0 Å². The lowest BCUT2D eigenvalue weighted by Gasteiger charge is -2.24. The van der Waals surface area contributed by atoms with Gasteiger partial charge in [0.25, 0.3) is 0 Å². The van der Waals surface area contributed by atoms with E-state index in [0.29, 0.717) is 6.54 Å². The number of hydrogen-bond acceptors (Lipinski definition) is 3. The van der Waals surface area contributed by atoms with Crippen molar-refractivity contribution in [3.05, 3.63) is 0 Å². The van der Waals surface area contributed by atoms with E-state index in [1.54, 1.807) is 0 Å². The summed E-state index contributed by atoms with van der Waals surface area (Å²) in [6.45, 7) is 8.01. The predicted octanol–water partition coefficient (Wildman–Crippen LogP) is 1.00. The zero-order valence-electron chi connectivity index (χ0n) is 9.71. The predicted molar refractivity (Wildman–Crippen MR) is 59.2 cm³/mol. The number of hydrogen-bond donors (Lipinski definition) is 3. The summed E-state index contributed by atoms with van der Waals surface area (Å²) in [5, 5.41) is 21.3. The lowest BCUT2D eigenvalue weighted by molar-refractivity contribution is 0.0698. The molecule has 0 unspecified atom stereocenters. The Labute approximate surface area is 87.5 Å². The first-order valence-corrected chi connectivity index (χ1v) is 5.46. The van der Waals surface area contributed by atoms with Crippen LogP contribution in [0.4, 0.5) is 0 Å². The maximum Gasteiger partial charge on any atom is 0.0518 e. The highest BCUT2D eigenvalue weighted by atomic mass is 16.3. The molecule has 0 aromatic rings. The second-order valence-corrected chi connectivity index (χ2v) is 4.84. The maximum atomic E-state index is 9.03. The fourth-order valence-corrected chi connectivity index (χ4v) is 1.19. The molecule has 0 fully saturated rings. The van der Waals surface area contributed by atoms with E-state index in [-0.39, 0.29) is 18.6 Å². The van der Waals surface area contributed by atoms with Crippen molar-refractivity contribution >= 4 is 0 Å². The van der Waals surface area contributed by atoms with Gasteiger partial charge in [0, 0.05) is 12.0 Å². The van der Waals surface area contributed by atoms with Gasteiger partial charge in [0.15, 0.2) is 0 Å². The third-order valence-electron chi connectivity index (χ3n) is 2.45. The average Bonchev–Trinajstić information content (AvgIpc) is 2.16. The summed E-state index contributed by atoms with van der Waals surface area (Å²) in [7, 11) is 0. The lowest BCUT2D eigenvalue weighted by Crippen LogP contribution is -2.38. The number of aliphatic hydroxyl groups is 2. The second kappa shape index (κ2) is 7.21. The maximum absolute atomic E-state index is 9.03. The first-order valence-electron chi connectivity index (χ1n) is 5.46. The van der Waals surface area contributed by atoms with Crippen molar-refractivity contribution in [2.45, 2.75) is 33.6 Å². The van der Waals surface area contributed by atoms with Crippen molar-refractivity contribution in [1.82, 2.24) is 5.32 Å². The summed E-state index contributed by atoms with van der Waals surface area (Å²) in [5.41, 5.74) is -0.377. The van der Waals surface area contributed by atoms with Gasteiger partial charge in [0.2, 0.25) is 0 Å². The van der Waals surface area contributed by atoms with E-state index in [4.69, 9.17) is 10.2 Å². The second-order valence-electron chi connectivity index (χ2n) is 4.84. The van der Waals surface area contributed by atoms with Gasteiger partial charge >= 0.3 is 0 Å². The van der Waals surface area contributed by atoms with E-state index in [2.05, 4.69) is 19.2 Å². The third kappa shape index (κ3) is 6.35. The van der Waals surface area contributed by atoms with E-state index in [0.717, 1.165) is 18.9 Å². The van der Waals surface area contributed by atoms with E-state index >= 15 is 0 Å². The van der Waals surface area contributed by atoms with Gasteiger partial charge in [-0.15, -0.1) is 0 Å². The van der Waals surface area contributed by atoms with Gasteiger partial charge < -0.3 is 15.5 Å². The summed E-state index contributed by atoms with van der Waals surface area (Å²) in [6, 6.07) is 0. The molecule has 14 heavy (non-hydrogen) atoms. The molecule has 3 nitrogen and oxygen atoms in total. The van der Waals surface area contributed by atoms with Crippen LogP contribution >= 0.6 is 0 Å². The largest absolute Gasteiger partial charge is 0.396 e. The first kappa shape index (κ1) is 13.9. The van der Waals surface area contributed by atoms with Crippen LogP contribution in [0.25, 0.3) is 0 Å². The van der Waals surface area contributed by atoms with Crippen LogP contribution < -0.4 is 5.32 Å². The fraction of sp³-hybridized carbons (Fsp3) is 1.00. The number of aliphatic hydroxyl groups excluding tert-OH is 2. The van der Waals surface area contributed by atoms with Crippen molar-refractivity contribution in [3.63, 3.8) is 0 Å². The summed E-state index contributed by atoms with van der Waals surface area (Å²) in [6.07, 6.45) is 2.38. The quantitative estimate of drug-likeness (QED) is 0.516. The van der Waals surface area contributed by atoms with E-state index in [9.17, 15) is 0 Å². The van der Waals surface area contributed by atoms with Crippen LogP contribution in [-0.4, -0.2) is 36.5 Å². The van der Waals surface area contributed by atoms with Crippen LogP contribution in [0.15, 0.2) is 0 Å². The molecule has 3 N–H and O–H groups in total. The molecular weight excluding hydrogens is 178 g/mol. The topological polar surface area (TPSA) is 52.5 Å². The molecule has 0 amide bonds. The number of nitrogens with one attached hydrogen (secondary N) is 1. The van der Waals surface area contributed by atoms with Crippen molar-refractivity contribution in [2.24, 2.45) is 11.3 Å². The van der Waals surface area contributed by atoms with Gasteiger partial charge in [-0.3, -0.25) is 0 Å². The monoisotopic (exact) mass is 203 g/mol. The molecular formula is C11H25NO2. The first-order chi connectivity index (χ1) is 6.54. The molecule has 86 valence electrons. The Bertz CT molecular complexity index is 133. The summed E-state index contributed by atoms with van der Waals surface area (Å²) >= 11 is 0. The molecule has 0 heterocycles. The van der Waals surface area contributed by atoms with Crippen LogP contribution in [0.1, 0.15) is 33.6 Å². The molecule has 0 aromatic carbocycles. The Morgan fingerprint density at radius 3 is 2.21 bits per heavy atom. The molecule has 0 atom stereocenters. The van der Waals surface area contributed by atoms with E-state index < -0.39 is 0 Å². The Balaban J connectivity index is 3.43. The average molecular weight is 203 g/mol. The Morgan fingerprint density at radius 2 is 1.79 bits per heavy atom. The van der Waals surface area contributed by atoms with Crippen molar-refractivity contribution < 1.29 is 10.2 Å². The minimum absolute atomic E-state index is 0.0285. The zero-order chi connectivity index (χ0) is 11.0. The molecule has 0 radical (unpaired) electrons. The summed E-state index contributed by atoms with van der Waals surface area (Å²) in [4.78, 5) is 0. The Morgan fingerprint density at radius 1 is 1.21 bits per heavy atom. The zero-order valence-corrected chi connectivity index (χ0v) is 9.71. The van der Waals surface area contributed by atoms with Gasteiger partial charge in [-0.1, -0.05) is 20.8 Å². The van der Waals surface area contributed by atoms with Gasteiger partial charge in [0.1, 0.15) is 0 Å². The minimum Gasteiger partial charge on any atom is -0.396 e. The fourth-order valence-electron chi connectivity index (χ4n) is 1.19. The van der Waals surface area contributed by atoms with Gasteiger partial charge in [-0.05, 0) is 25.3 Å². The van der Waals surface area contributed by atoms with Gasteiger partial charge in [-0.25, -0.2) is 0 Å². The highest BCUT2D eigenvalue weighted by molar-refractivity contribution is 4.74. The standard InChI is InChI=1S/C11H25NO2/c1-10(2)5-4-6-12-7-11(3,8-13)9-14/h10,12-14H,4-9H2,1-3H3. The highest BCUT2D eigenvalue weighted by Gasteiger charge is 2.21. The summed E-state index contributed by atoms with van der Waals surface area (Å²) in [5.74, 6) is 0.749. The molecule has 0 spiro atoms. The molecule has 0 aliphatic heterocycles. The molecule has 0 saturated heterocycles. The highest BCUT2D eigenvalue weighted by Crippen LogP contribution is 2.12. The Hall–Kier alpha value is -0.120. The molecule has 0 rings (SSSR count). The number of rotatable bonds is 8. The minimum atomic E-state index is -0.377. The Kier molecular flexibility index (Phi) is 7.15. The molecule has 0 saturated carbocycles. The van der Waals surface area contributed by atoms with E-state index in [1.807, 2.05) is 6.92 Å². The SMILES string of the molecule is CC(C)CCCNCC(C)(CO)CO.